The van der Waals surface area contributed by atoms with Crippen molar-refractivity contribution >= 4 is 22.8 Å². The average Bonchev–Trinajstić information content (AvgIpc) is 3.31. The molecule has 2 aromatic heterocycles. The first-order valence-electron chi connectivity index (χ1n) is 8.36. The summed E-state index contributed by atoms with van der Waals surface area (Å²) in [5.74, 6) is -0.592. The maximum Gasteiger partial charge on any atom is 0.341 e. The standard InChI is InChI=1S/C19H18N2O5/c20-19(24)12-6-7-14-17(12)18-13(21(14)9-11-3-2-8-25-11)4-1-5-15(18)26-10-16(22)23/h1-5,8,12H,6-7,9-10H2,(H2,20,24)(H,22,23). The van der Waals surface area contributed by atoms with E-state index >= 15 is 0 Å². The summed E-state index contributed by atoms with van der Waals surface area (Å²) in [6, 6.07) is 9.19. The molecular weight excluding hydrogens is 336 g/mol. The summed E-state index contributed by atoms with van der Waals surface area (Å²) in [6.45, 7) is 0.0746. The van der Waals surface area contributed by atoms with Gasteiger partial charge in [-0.2, -0.15) is 0 Å². The smallest absolute Gasteiger partial charge is 0.341 e. The van der Waals surface area contributed by atoms with E-state index in [4.69, 9.17) is 20.0 Å². The second-order valence-electron chi connectivity index (χ2n) is 6.35. The molecule has 3 aromatic rings. The zero-order valence-electron chi connectivity index (χ0n) is 14.0. The van der Waals surface area contributed by atoms with Crippen LogP contribution in [0.25, 0.3) is 10.9 Å². The number of furan rings is 1. The van der Waals surface area contributed by atoms with Crippen molar-refractivity contribution in [1.29, 1.82) is 0 Å². The van der Waals surface area contributed by atoms with Gasteiger partial charge in [-0.25, -0.2) is 4.79 Å². The van der Waals surface area contributed by atoms with Gasteiger partial charge in [0.15, 0.2) is 6.61 Å². The third-order valence-corrected chi connectivity index (χ3v) is 4.81. The second kappa shape index (κ2) is 6.25. The highest BCUT2D eigenvalue weighted by Gasteiger charge is 2.34. The van der Waals surface area contributed by atoms with Gasteiger partial charge in [0.2, 0.25) is 5.91 Å². The van der Waals surface area contributed by atoms with Crippen molar-refractivity contribution in [3.63, 3.8) is 0 Å². The minimum Gasteiger partial charge on any atom is -0.481 e. The van der Waals surface area contributed by atoms with Crippen LogP contribution in [-0.4, -0.2) is 28.2 Å². The van der Waals surface area contributed by atoms with E-state index in [0.29, 0.717) is 18.7 Å². The molecule has 134 valence electrons. The minimum absolute atomic E-state index is 0.381. The highest BCUT2D eigenvalue weighted by Crippen LogP contribution is 2.44. The summed E-state index contributed by atoms with van der Waals surface area (Å²) in [6.07, 6.45) is 2.98. The van der Waals surface area contributed by atoms with Crippen LogP contribution in [0.5, 0.6) is 5.75 Å². The fraction of sp³-hybridized carbons (Fsp3) is 0.263. The summed E-state index contributed by atoms with van der Waals surface area (Å²) in [5, 5.41) is 9.70. The van der Waals surface area contributed by atoms with Gasteiger partial charge in [-0.15, -0.1) is 0 Å². The van der Waals surface area contributed by atoms with Crippen LogP contribution >= 0.6 is 0 Å². The molecule has 1 aromatic carbocycles. The van der Waals surface area contributed by atoms with Gasteiger partial charge in [-0.1, -0.05) is 6.07 Å². The first-order valence-corrected chi connectivity index (χ1v) is 8.36. The lowest BCUT2D eigenvalue weighted by Gasteiger charge is -2.11. The van der Waals surface area contributed by atoms with E-state index in [-0.39, 0.29) is 5.91 Å². The van der Waals surface area contributed by atoms with E-state index in [1.165, 1.54) is 0 Å². The summed E-state index contributed by atoms with van der Waals surface area (Å²) in [5.41, 5.74) is 8.36. The molecule has 1 unspecified atom stereocenters. The first kappa shape index (κ1) is 16.3. The summed E-state index contributed by atoms with van der Waals surface area (Å²) in [4.78, 5) is 22.9. The van der Waals surface area contributed by atoms with E-state index in [9.17, 15) is 9.59 Å². The maximum atomic E-state index is 12.0. The van der Waals surface area contributed by atoms with Crippen LogP contribution in [0.1, 0.15) is 29.4 Å². The molecule has 1 aliphatic carbocycles. The van der Waals surface area contributed by atoms with Crippen LogP contribution in [0.15, 0.2) is 41.0 Å². The first-order chi connectivity index (χ1) is 12.6. The Kier molecular flexibility index (Phi) is 3.91. The number of nitrogens with zero attached hydrogens (tertiary/aromatic N) is 1. The minimum atomic E-state index is -1.06. The Morgan fingerprint density at radius 1 is 1.31 bits per heavy atom. The van der Waals surface area contributed by atoms with Crippen LogP contribution in [-0.2, 0) is 22.6 Å². The number of fused-ring (bicyclic) bond motifs is 3. The van der Waals surface area contributed by atoms with Crippen molar-refractivity contribution in [3.8, 4) is 5.75 Å². The number of carbonyl (C=O) groups is 2. The summed E-state index contributed by atoms with van der Waals surface area (Å²) < 4.78 is 13.1. The number of carboxylic acid groups (broad SMARTS) is 1. The topological polar surface area (TPSA) is 108 Å². The average molecular weight is 354 g/mol. The zero-order chi connectivity index (χ0) is 18.3. The Morgan fingerprint density at radius 3 is 2.85 bits per heavy atom. The molecule has 1 amide bonds. The molecule has 7 heteroatoms. The quantitative estimate of drug-likeness (QED) is 0.706. The predicted molar refractivity (Wildman–Crippen MR) is 93.1 cm³/mol. The van der Waals surface area contributed by atoms with Crippen molar-refractivity contribution < 1.29 is 23.8 Å². The zero-order valence-corrected chi connectivity index (χ0v) is 14.0. The van der Waals surface area contributed by atoms with E-state index in [1.807, 2.05) is 24.3 Å². The Hall–Kier alpha value is -3.22. The van der Waals surface area contributed by atoms with Crippen molar-refractivity contribution in [2.45, 2.75) is 25.3 Å². The number of ether oxygens (including phenoxy) is 1. The van der Waals surface area contributed by atoms with Gasteiger partial charge in [0.1, 0.15) is 11.5 Å². The Bertz CT molecular complexity index is 987. The molecule has 0 fully saturated rings. The number of rotatable bonds is 6. The van der Waals surface area contributed by atoms with Crippen molar-refractivity contribution in [3.05, 3.63) is 53.6 Å². The molecule has 26 heavy (non-hydrogen) atoms. The molecule has 2 heterocycles. The van der Waals surface area contributed by atoms with Crippen LogP contribution in [0, 0.1) is 0 Å². The number of primary amides is 1. The van der Waals surface area contributed by atoms with Crippen molar-refractivity contribution in [2.75, 3.05) is 6.61 Å². The normalized spacial score (nSPS) is 15.9. The Labute approximate surface area is 149 Å². The van der Waals surface area contributed by atoms with Gasteiger partial charge in [-0.3, -0.25) is 4.79 Å². The van der Waals surface area contributed by atoms with Crippen molar-refractivity contribution in [1.82, 2.24) is 4.57 Å². The highest BCUT2D eigenvalue weighted by atomic mass is 16.5. The molecule has 0 aliphatic heterocycles. The number of nitrogens with two attached hydrogens (primary N) is 1. The fourth-order valence-corrected chi connectivity index (χ4v) is 3.80. The third-order valence-electron chi connectivity index (χ3n) is 4.81. The van der Waals surface area contributed by atoms with Gasteiger partial charge < -0.3 is 24.6 Å². The predicted octanol–water partition coefficient (Wildman–Crippen LogP) is 2.26. The highest BCUT2D eigenvalue weighted by molar-refractivity contribution is 5.97. The van der Waals surface area contributed by atoms with Crippen LogP contribution in [0.2, 0.25) is 0 Å². The third kappa shape index (κ3) is 2.61. The van der Waals surface area contributed by atoms with Gasteiger partial charge in [0, 0.05) is 11.1 Å². The van der Waals surface area contributed by atoms with Gasteiger partial charge in [0.05, 0.1) is 24.2 Å². The number of hydrogen-bond donors (Lipinski definition) is 2. The lowest BCUT2D eigenvalue weighted by molar-refractivity contribution is -0.139. The molecule has 1 atom stereocenters. The molecule has 1 aliphatic rings. The van der Waals surface area contributed by atoms with E-state index in [1.54, 1.807) is 12.3 Å². The number of benzene rings is 1. The van der Waals surface area contributed by atoms with E-state index in [0.717, 1.165) is 34.3 Å². The van der Waals surface area contributed by atoms with Gasteiger partial charge in [-0.05, 0) is 42.7 Å². The molecule has 4 rings (SSSR count). The molecule has 3 N–H and O–H groups in total. The monoisotopic (exact) mass is 354 g/mol. The number of carboxylic acids is 1. The van der Waals surface area contributed by atoms with Crippen molar-refractivity contribution in [2.24, 2.45) is 5.73 Å². The molecular formula is C19H18N2O5. The number of aliphatic carboxylic acids is 1. The molecule has 0 saturated heterocycles. The number of carbonyl (C=O) groups excluding carboxylic acids is 1. The van der Waals surface area contributed by atoms with Gasteiger partial charge >= 0.3 is 5.97 Å². The van der Waals surface area contributed by atoms with Crippen LogP contribution < -0.4 is 10.5 Å². The SMILES string of the molecule is NC(=O)C1CCc2c1c1c(OCC(=O)O)cccc1n2Cc1ccco1. The Morgan fingerprint density at radius 2 is 2.15 bits per heavy atom. The molecule has 0 bridgehead atoms. The second-order valence-corrected chi connectivity index (χ2v) is 6.35. The number of hydrogen-bond acceptors (Lipinski definition) is 4. The van der Waals surface area contributed by atoms with E-state index in [2.05, 4.69) is 4.57 Å². The maximum absolute atomic E-state index is 12.0. The van der Waals surface area contributed by atoms with E-state index < -0.39 is 18.5 Å². The molecule has 0 spiro atoms. The Balaban J connectivity index is 1.91. The lowest BCUT2D eigenvalue weighted by atomic mass is 9.99. The largest absolute Gasteiger partial charge is 0.481 e. The van der Waals surface area contributed by atoms with Crippen LogP contribution in [0.4, 0.5) is 0 Å². The van der Waals surface area contributed by atoms with Crippen LogP contribution in [0.3, 0.4) is 0 Å². The lowest BCUT2D eigenvalue weighted by Crippen LogP contribution is -2.19. The van der Waals surface area contributed by atoms with Gasteiger partial charge in [0.25, 0.3) is 0 Å². The fourth-order valence-electron chi connectivity index (χ4n) is 3.80. The molecule has 0 saturated carbocycles. The summed E-state index contributed by atoms with van der Waals surface area (Å²) >= 11 is 0. The molecule has 7 nitrogen and oxygen atoms in total. The summed E-state index contributed by atoms with van der Waals surface area (Å²) in [7, 11) is 0. The number of aromatic nitrogens is 1. The molecule has 0 radical (unpaired) electrons. The number of amides is 1.